The summed E-state index contributed by atoms with van der Waals surface area (Å²) in [5.74, 6) is 0. The Morgan fingerprint density at radius 2 is 1.24 bits per heavy atom. The van der Waals surface area contributed by atoms with Crippen molar-refractivity contribution < 1.29 is 9.22 Å². The Hall–Kier alpha value is -4.22. The van der Waals surface area contributed by atoms with Gasteiger partial charge in [-0.1, -0.05) is 154 Å². The van der Waals surface area contributed by atoms with Crippen LogP contribution < -0.4 is 10.4 Å². The highest BCUT2D eigenvalue weighted by molar-refractivity contribution is 6.99. The highest BCUT2D eigenvalue weighted by Crippen LogP contribution is 2.39. The largest absolute Gasteiger partial charge is 0.407 e. The number of hydrogen-bond acceptors (Lipinski definition) is 2. The second-order valence-corrected chi connectivity index (χ2v) is 17.6. The Morgan fingerprint density at radius 1 is 0.739 bits per heavy atom. The van der Waals surface area contributed by atoms with Gasteiger partial charge in [0.15, 0.2) is 0 Å². The van der Waals surface area contributed by atoms with Crippen molar-refractivity contribution in [3.05, 3.63) is 167 Å². The van der Waals surface area contributed by atoms with Crippen LogP contribution in [0.25, 0.3) is 10.9 Å². The van der Waals surface area contributed by atoms with Gasteiger partial charge < -0.3 is 13.8 Å². The van der Waals surface area contributed by atoms with Gasteiger partial charge in [0.1, 0.15) is 6.29 Å². The van der Waals surface area contributed by atoms with Gasteiger partial charge in [-0.05, 0) is 50.3 Å². The van der Waals surface area contributed by atoms with Gasteiger partial charge in [-0.3, -0.25) is 0 Å². The molecule has 1 heterocycles. The SMILES string of the molecule is CC(C)(C)[Si](OCCc1c(CC=O)c2cc(Cl)ccc2n1C(c1ccccc1)c1ccccc1)(c1ccccc1)c1ccccc1. The molecule has 0 aliphatic heterocycles. The van der Waals surface area contributed by atoms with Gasteiger partial charge in [0.25, 0.3) is 8.32 Å². The van der Waals surface area contributed by atoms with Gasteiger partial charge in [0.05, 0.1) is 6.04 Å². The van der Waals surface area contributed by atoms with Crippen LogP contribution in [0.5, 0.6) is 0 Å². The molecular weight excluding hydrogens is 602 g/mol. The number of aromatic nitrogens is 1. The van der Waals surface area contributed by atoms with Crippen molar-refractivity contribution in [2.24, 2.45) is 0 Å². The Labute approximate surface area is 278 Å². The number of carbonyl (C=O) groups excluding carboxylic acids is 1. The standard InChI is InChI=1S/C41H40ClNO2Si/c1-41(2,3)46(34-20-12-6-13-21-34,35-22-14-7-15-23-35)45-29-27-39-36(26-28-44)37-30-33(42)24-25-38(37)43(39)40(31-16-8-4-9-17-31)32-18-10-5-11-19-32/h4-25,28,30,40H,26-27,29H2,1-3H3. The summed E-state index contributed by atoms with van der Waals surface area (Å²) < 4.78 is 9.80. The average Bonchev–Trinajstić information content (AvgIpc) is 3.36. The molecule has 5 aromatic carbocycles. The number of carbonyl (C=O) groups is 1. The van der Waals surface area contributed by atoms with Crippen LogP contribution >= 0.6 is 11.6 Å². The van der Waals surface area contributed by atoms with Gasteiger partial charge in [-0.15, -0.1) is 0 Å². The van der Waals surface area contributed by atoms with E-state index in [9.17, 15) is 4.79 Å². The fourth-order valence-electron chi connectivity index (χ4n) is 7.11. The highest BCUT2D eigenvalue weighted by Gasteiger charge is 2.50. The second kappa shape index (κ2) is 13.6. The van der Waals surface area contributed by atoms with Crippen LogP contribution in [0, 0.1) is 0 Å². The fraction of sp³-hybridized carbons (Fsp3) is 0.195. The summed E-state index contributed by atoms with van der Waals surface area (Å²) in [4.78, 5) is 12.2. The third-order valence-corrected chi connectivity index (χ3v) is 14.3. The summed E-state index contributed by atoms with van der Waals surface area (Å²) in [5.41, 5.74) is 5.51. The predicted molar refractivity (Wildman–Crippen MR) is 194 cm³/mol. The number of rotatable bonds is 11. The van der Waals surface area contributed by atoms with E-state index in [4.69, 9.17) is 16.0 Å². The number of nitrogens with zero attached hydrogens (tertiary/aromatic N) is 1. The minimum atomic E-state index is -2.76. The molecule has 0 spiro atoms. The van der Waals surface area contributed by atoms with Crippen LogP contribution in [0.1, 0.15) is 49.2 Å². The lowest BCUT2D eigenvalue weighted by molar-refractivity contribution is -0.107. The zero-order chi connectivity index (χ0) is 32.1. The first-order chi connectivity index (χ1) is 22.3. The lowest BCUT2D eigenvalue weighted by atomic mass is 9.97. The van der Waals surface area contributed by atoms with E-state index in [1.54, 1.807) is 0 Å². The van der Waals surface area contributed by atoms with Gasteiger partial charge in [0.2, 0.25) is 0 Å². The number of fused-ring (bicyclic) bond motifs is 1. The number of halogens is 1. The third-order valence-electron chi connectivity index (χ3n) is 9.03. The molecule has 0 radical (unpaired) electrons. The van der Waals surface area contributed by atoms with Crippen LogP contribution in [0.4, 0.5) is 0 Å². The summed E-state index contributed by atoms with van der Waals surface area (Å²) in [6.45, 7) is 7.41. The van der Waals surface area contributed by atoms with Crippen LogP contribution in [0.15, 0.2) is 140 Å². The highest BCUT2D eigenvalue weighted by atomic mass is 35.5. The smallest absolute Gasteiger partial charge is 0.261 e. The molecule has 0 aliphatic carbocycles. The molecule has 1 aromatic heterocycles. The van der Waals surface area contributed by atoms with Crippen molar-refractivity contribution >= 4 is 47.5 Å². The zero-order valence-corrected chi connectivity index (χ0v) is 28.5. The van der Waals surface area contributed by atoms with E-state index in [0.717, 1.165) is 28.4 Å². The van der Waals surface area contributed by atoms with E-state index in [1.807, 2.05) is 12.1 Å². The summed E-state index contributed by atoms with van der Waals surface area (Å²) in [6.07, 6.45) is 1.94. The molecule has 0 bridgehead atoms. The quantitative estimate of drug-likeness (QED) is 0.105. The first kappa shape index (κ1) is 31.7. The lowest BCUT2D eigenvalue weighted by Crippen LogP contribution is -2.66. The van der Waals surface area contributed by atoms with Crippen molar-refractivity contribution in [3.8, 4) is 0 Å². The van der Waals surface area contributed by atoms with Crippen molar-refractivity contribution in [1.82, 2.24) is 4.57 Å². The predicted octanol–water partition coefficient (Wildman–Crippen LogP) is 8.79. The third kappa shape index (κ3) is 6.01. The Morgan fingerprint density at radius 3 is 1.72 bits per heavy atom. The molecule has 6 rings (SSSR count). The maximum absolute atomic E-state index is 12.2. The molecular formula is C41H40ClNO2Si. The molecule has 0 amide bonds. The Balaban J connectivity index is 1.53. The minimum Gasteiger partial charge on any atom is -0.407 e. The van der Waals surface area contributed by atoms with E-state index in [0.29, 0.717) is 24.5 Å². The molecule has 232 valence electrons. The van der Waals surface area contributed by atoms with E-state index in [2.05, 4.69) is 153 Å². The summed E-state index contributed by atoms with van der Waals surface area (Å²) >= 11 is 6.60. The Bertz CT molecular complexity index is 1820. The number of benzene rings is 5. The monoisotopic (exact) mass is 641 g/mol. The number of aldehydes is 1. The van der Waals surface area contributed by atoms with E-state index in [1.165, 1.54) is 21.5 Å². The molecule has 0 fully saturated rings. The van der Waals surface area contributed by atoms with Crippen LogP contribution in [-0.2, 0) is 22.1 Å². The van der Waals surface area contributed by atoms with E-state index in [-0.39, 0.29) is 11.1 Å². The van der Waals surface area contributed by atoms with Crippen LogP contribution in [0.2, 0.25) is 10.1 Å². The maximum Gasteiger partial charge on any atom is 0.261 e. The molecule has 0 saturated heterocycles. The summed E-state index contributed by atoms with van der Waals surface area (Å²) in [7, 11) is -2.76. The van der Waals surface area contributed by atoms with Gasteiger partial charge in [-0.25, -0.2) is 0 Å². The molecule has 0 saturated carbocycles. The van der Waals surface area contributed by atoms with E-state index < -0.39 is 8.32 Å². The molecule has 5 heteroatoms. The molecule has 6 aromatic rings. The summed E-state index contributed by atoms with van der Waals surface area (Å²) in [5, 5.41) is 4.03. The molecule has 0 unspecified atom stereocenters. The normalized spacial score (nSPS) is 12.1. The number of hydrogen-bond donors (Lipinski definition) is 0. The Kier molecular flexibility index (Phi) is 9.41. The van der Waals surface area contributed by atoms with Crippen molar-refractivity contribution in [2.75, 3.05) is 6.61 Å². The minimum absolute atomic E-state index is 0.102. The van der Waals surface area contributed by atoms with E-state index >= 15 is 0 Å². The molecule has 0 N–H and O–H groups in total. The van der Waals surface area contributed by atoms with Gasteiger partial charge >= 0.3 is 0 Å². The maximum atomic E-state index is 12.2. The first-order valence-corrected chi connectivity index (χ1v) is 18.2. The zero-order valence-electron chi connectivity index (χ0n) is 26.7. The summed E-state index contributed by atoms with van der Waals surface area (Å²) in [6, 6.07) is 48.6. The molecule has 0 atom stereocenters. The first-order valence-electron chi connectivity index (χ1n) is 15.9. The van der Waals surface area contributed by atoms with Crippen molar-refractivity contribution in [3.63, 3.8) is 0 Å². The molecule has 3 nitrogen and oxygen atoms in total. The average molecular weight is 642 g/mol. The molecule has 0 aliphatic rings. The topological polar surface area (TPSA) is 31.2 Å². The molecule has 46 heavy (non-hydrogen) atoms. The van der Waals surface area contributed by atoms with Crippen molar-refractivity contribution in [1.29, 1.82) is 0 Å². The second-order valence-electron chi connectivity index (χ2n) is 12.8. The van der Waals surface area contributed by atoms with Gasteiger partial charge in [-0.2, -0.15) is 0 Å². The van der Waals surface area contributed by atoms with Crippen molar-refractivity contribution in [2.45, 2.75) is 44.7 Å². The lowest BCUT2D eigenvalue weighted by Gasteiger charge is -2.43. The van der Waals surface area contributed by atoms with Crippen LogP contribution in [-0.4, -0.2) is 25.8 Å². The van der Waals surface area contributed by atoms with Crippen LogP contribution in [0.3, 0.4) is 0 Å². The van der Waals surface area contributed by atoms with Gasteiger partial charge in [0, 0.05) is 41.1 Å². The fourth-order valence-corrected chi connectivity index (χ4v) is 11.8.